The maximum atomic E-state index is 11.1. The molecular weight excluding hydrogens is 190 g/mol. The van der Waals surface area contributed by atoms with Gasteiger partial charge in [0.2, 0.25) is 5.91 Å². The molecule has 1 rings (SSSR count). The molecule has 0 aromatic rings. The number of carbonyl (C=O) groups excluding carboxylic acids is 1. The molecule has 0 bridgehead atoms. The summed E-state index contributed by atoms with van der Waals surface area (Å²) >= 11 is 0. The second kappa shape index (κ2) is 4.72. The normalized spacial score (nSPS) is 30.9. The third-order valence-electron chi connectivity index (χ3n) is 2.11. The Morgan fingerprint density at radius 2 is 2.08 bits per heavy atom. The van der Waals surface area contributed by atoms with Crippen LogP contribution in [0, 0.1) is 0 Å². The maximum absolute atomic E-state index is 11.1. The van der Waals surface area contributed by atoms with Gasteiger partial charge in [-0.1, -0.05) is 0 Å². The first-order valence-corrected chi connectivity index (χ1v) is 5.92. The van der Waals surface area contributed by atoms with Gasteiger partial charge in [0.25, 0.3) is 0 Å². The zero-order chi connectivity index (χ0) is 9.84. The Hall–Kier alpha value is -0.420. The van der Waals surface area contributed by atoms with E-state index < -0.39 is 16.9 Å². The molecule has 4 nitrogen and oxygen atoms in total. The van der Waals surface area contributed by atoms with Gasteiger partial charge in [0.15, 0.2) is 0 Å². The number of carbonyl (C=O) groups is 1. The number of nitrogens with one attached hydrogen (secondary N) is 1. The zero-order valence-electron chi connectivity index (χ0n) is 7.66. The lowest BCUT2D eigenvalue weighted by Gasteiger charge is -2.23. The van der Waals surface area contributed by atoms with E-state index in [0.717, 1.165) is 12.8 Å². The van der Waals surface area contributed by atoms with Crippen LogP contribution in [0.1, 0.15) is 19.8 Å². The number of rotatable bonds is 2. The topological polar surface area (TPSA) is 66.4 Å². The summed E-state index contributed by atoms with van der Waals surface area (Å²) in [7, 11) is -0.700. The molecule has 5 heteroatoms. The summed E-state index contributed by atoms with van der Waals surface area (Å²) in [5.74, 6) is 0.980. The highest BCUT2D eigenvalue weighted by atomic mass is 32.2. The standard InChI is InChI=1S/C8H15NO3S/c1-6(10)8(11)9-7-2-4-13(12)5-3-7/h6-7,10H,2-5H2,1H3,(H,9,11)/t6-,7?,13?/m0/s1. The van der Waals surface area contributed by atoms with Crippen LogP contribution in [0.15, 0.2) is 0 Å². The Morgan fingerprint density at radius 1 is 1.54 bits per heavy atom. The molecule has 1 saturated heterocycles. The summed E-state index contributed by atoms with van der Waals surface area (Å²) in [6, 6.07) is 0.0970. The SMILES string of the molecule is C[C@H](O)C(=O)NC1CCS(=O)CC1. The number of hydrogen-bond acceptors (Lipinski definition) is 3. The van der Waals surface area contributed by atoms with E-state index in [1.165, 1.54) is 6.92 Å². The molecule has 1 atom stereocenters. The molecule has 0 aromatic heterocycles. The average Bonchev–Trinajstić information content (AvgIpc) is 2.08. The van der Waals surface area contributed by atoms with Gasteiger partial charge in [0, 0.05) is 28.3 Å². The first-order valence-electron chi connectivity index (χ1n) is 4.43. The van der Waals surface area contributed by atoms with E-state index in [9.17, 15) is 9.00 Å². The maximum Gasteiger partial charge on any atom is 0.248 e. The van der Waals surface area contributed by atoms with E-state index in [1.807, 2.05) is 0 Å². The predicted octanol–water partition coefficient (Wildman–Crippen LogP) is -0.606. The van der Waals surface area contributed by atoms with Crippen LogP contribution in [0.4, 0.5) is 0 Å². The van der Waals surface area contributed by atoms with Gasteiger partial charge in [0.1, 0.15) is 6.10 Å². The summed E-state index contributed by atoms with van der Waals surface area (Å²) in [5, 5.41) is 11.6. The second-order valence-corrected chi connectivity index (χ2v) is 5.00. The second-order valence-electron chi connectivity index (χ2n) is 3.31. The highest BCUT2D eigenvalue weighted by Gasteiger charge is 2.20. The van der Waals surface area contributed by atoms with Crippen LogP contribution in [0.2, 0.25) is 0 Å². The fourth-order valence-corrected chi connectivity index (χ4v) is 2.56. The molecule has 0 spiro atoms. The molecule has 0 saturated carbocycles. The zero-order valence-corrected chi connectivity index (χ0v) is 8.47. The van der Waals surface area contributed by atoms with Crippen molar-refractivity contribution in [3.63, 3.8) is 0 Å². The Labute approximate surface area is 80.2 Å². The summed E-state index contributed by atoms with van der Waals surface area (Å²) in [6.45, 7) is 1.44. The van der Waals surface area contributed by atoms with Crippen molar-refractivity contribution >= 4 is 16.7 Å². The Morgan fingerprint density at radius 3 is 2.54 bits per heavy atom. The van der Waals surface area contributed by atoms with Crippen molar-refractivity contribution in [1.29, 1.82) is 0 Å². The van der Waals surface area contributed by atoms with Crippen molar-refractivity contribution in [3.8, 4) is 0 Å². The molecule has 0 radical (unpaired) electrons. The van der Waals surface area contributed by atoms with Gasteiger partial charge in [-0.2, -0.15) is 0 Å². The molecule has 2 N–H and O–H groups in total. The van der Waals surface area contributed by atoms with Crippen molar-refractivity contribution in [2.24, 2.45) is 0 Å². The summed E-state index contributed by atoms with van der Waals surface area (Å²) in [4.78, 5) is 11.1. The Kier molecular flexibility index (Phi) is 3.87. The fourth-order valence-electron chi connectivity index (χ4n) is 1.26. The minimum atomic E-state index is -0.951. The highest BCUT2D eigenvalue weighted by Crippen LogP contribution is 2.08. The van der Waals surface area contributed by atoms with Crippen LogP contribution in [-0.2, 0) is 15.6 Å². The van der Waals surface area contributed by atoms with Gasteiger partial charge in [-0.25, -0.2) is 0 Å². The molecule has 0 aromatic carbocycles. The molecule has 0 unspecified atom stereocenters. The third-order valence-corrected chi connectivity index (χ3v) is 3.50. The van der Waals surface area contributed by atoms with Crippen LogP contribution in [0.25, 0.3) is 0 Å². The van der Waals surface area contributed by atoms with Crippen LogP contribution >= 0.6 is 0 Å². The molecule has 1 heterocycles. The van der Waals surface area contributed by atoms with Crippen LogP contribution in [0.5, 0.6) is 0 Å². The molecule has 1 amide bonds. The average molecular weight is 205 g/mol. The van der Waals surface area contributed by atoms with E-state index in [2.05, 4.69) is 5.32 Å². The largest absolute Gasteiger partial charge is 0.384 e. The lowest BCUT2D eigenvalue weighted by molar-refractivity contribution is -0.129. The summed E-state index contributed by atoms with van der Waals surface area (Å²) < 4.78 is 11.0. The van der Waals surface area contributed by atoms with E-state index >= 15 is 0 Å². The molecule has 76 valence electrons. The van der Waals surface area contributed by atoms with Crippen molar-refractivity contribution in [2.45, 2.75) is 31.9 Å². The van der Waals surface area contributed by atoms with Gasteiger partial charge in [0.05, 0.1) is 0 Å². The van der Waals surface area contributed by atoms with Crippen molar-refractivity contribution in [2.75, 3.05) is 11.5 Å². The van der Waals surface area contributed by atoms with Gasteiger partial charge in [-0.3, -0.25) is 9.00 Å². The molecule has 0 aliphatic carbocycles. The van der Waals surface area contributed by atoms with E-state index in [1.54, 1.807) is 0 Å². The molecule has 1 aliphatic heterocycles. The van der Waals surface area contributed by atoms with Crippen molar-refractivity contribution < 1.29 is 14.1 Å². The summed E-state index contributed by atoms with van der Waals surface area (Å²) in [5.41, 5.74) is 0. The Balaban J connectivity index is 2.30. The fraction of sp³-hybridized carbons (Fsp3) is 0.875. The lowest BCUT2D eigenvalue weighted by Crippen LogP contribution is -2.43. The van der Waals surface area contributed by atoms with E-state index in [4.69, 9.17) is 5.11 Å². The van der Waals surface area contributed by atoms with Crippen LogP contribution in [-0.4, -0.2) is 38.9 Å². The molecular formula is C8H15NO3S. The van der Waals surface area contributed by atoms with Crippen molar-refractivity contribution in [3.05, 3.63) is 0 Å². The molecule has 1 aliphatic rings. The van der Waals surface area contributed by atoms with Crippen molar-refractivity contribution in [1.82, 2.24) is 5.32 Å². The molecule has 1 fully saturated rings. The van der Waals surface area contributed by atoms with E-state index in [0.29, 0.717) is 11.5 Å². The monoisotopic (exact) mass is 205 g/mol. The number of hydrogen-bond donors (Lipinski definition) is 2. The highest BCUT2D eigenvalue weighted by molar-refractivity contribution is 7.85. The lowest BCUT2D eigenvalue weighted by atomic mass is 10.1. The number of aliphatic hydroxyl groups is 1. The van der Waals surface area contributed by atoms with Gasteiger partial charge < -0.3 is 10.4 Å². The quantitative estimate of drug-likeness (QED) is 0.632. The number of aliphatic hydroxyl groups excluding tert-OH is 1. The first-order chi connectivity index (χ1) is 6.09. The minimum absolute atomic E-state index is 0.0970. The minimum Gasteiger partial charge on any atom is -0.384 e. The summed E-state index contributed by atoms with van der Waals surface area (Å²) in [6.07, 6.45) is 0.559. The van der Waals surface area contributed by atoms with Gasteiger partial charge in [-0.15, -0.1) is 0 Å². The van der Waals surface area contributed by atoms with Crippen LogP contribution in [0.3, 0.4) is 0 Å². The number of amides is 1. The molecule has 13 heavy (non-hydrogen) atoms. The van der Waals surface area contributed by atoms with E-state index in [-0.39, 0.29) is 11.9 Å². The first kappa shape index (κ1) is 10.7. The predicted molar refractivity (Wildman–Crippen MR) is 50.7 cm³/mol. The van der Waals surface area contributed by atoms with Gasteiger partial charge >= 0.3 is 0 Å². The third kappa shape index (κ3) is 3.44. The van der Waals surface area contributed by atoms with Gasteiger partial charge in [-0.05, 0) is 19.8 Å². The Bertz CT molecular complexity index is 207. The van der Waals surface area contributed by atoms with Crippen LogP contribution < -0.4 is 5.32 Å². The smallest absolute Gasteiger partial charge is 0.248 e.